The number of ether oxygens (including phenoxy) is 2. The van der Waals surface area contributed by atoms with Gasteiger partial charge in [0, 0.05) is 30.6 Å². The monoisotopic (exact) mass is 690 g/mol. The van der Waals surface area contributed by atoms with Crippen LogP contribution < -0.4 is 10.0 Å². The van der Waals surface area contributed by atoms with Crippen molar-refractivity contribution in [3.05, 3.63) is 132 Å². The number of carbonyl (C=O) groups excluding carboxylic acids is 2. The van der Waals surface area contributed by atoms with Gasteiger partial charge in [-0.1, -0.05) is 72.8 Å². The third-order valence-corrected chi connectivity index (χ3v) is 9.82. The van der Waals surface area contributed by atoms with Gasteiger partial charge in [-0.3, -0.25) is 14.1 Å². The van der Waals surface area contributed by atoms with Crippen LogP contribution in [0.5, 0.6) is 0 Å². The van der Waals surface area contributed by atoms with E-state index in [9.17, 15) is 18.0 Å². The van der Waals surface area contributed by atoms with Crippen molar-refractivity contribution in [2.24, 2.45) is 17.8 Å². The number of sulfonamides is 1. The maximum Gasteiger partial charge on any atom is 0.435 e. The number of esters is 1. The number of amidine groups is 1. The van der Waals surface area contributed by atoms with Gasteiger partial charge in [-0.2, -0.15) is 4.99 Å². The number of hydrogen-bond acceptors (Lipinski definition) is 8. The molecular weight excluding hydrogens is 657 g/mol. The molecule has 12 nitrogen and oxygen atoms in total. The number of para-hydroxylation sites is 1. The summed E-state index contributed by atoms with van der Waals surface area (Å²) in [5.41, 5.74) is 10.3. The molecule has 254 valence electrons. The minimum absolute atomic E-state index is 0.0279. The number of aliphatic imine (C=N–C) groups is 1. The van der Waals surface area contributed by atoms with E-state index in [2.05, 4.69) is 9.98 Å². The van der Waals surface area contributed by atoms with E-state index in [0.717, 1.165) is 20.9 Å². The average Bonchev–Trinajstić information content (AvgIpc) is 3.43. The Labute approximate surface area is 288 Å². The Morgan fingerprint density at radius 2 is 1.66 bits per heavy atom. The molecular formula is C37H34N6O6S. The lowest BCUT2D eigenvalue weighted by Crippen LogP contribution is -2.36. The summed E-state index contributed by atoms with van der Waals surface area (Å²) in [7, 11) is -2.39. The van der Waals surface area contributed by atoms with Crippen molar-refractivity contribution < 1.29 is 27.5 Å². The first-order valence-corrected chi connectivity index (χ1v) is 17.2. The lowest BCUT2D eigenvalue weighted by molar-refractivity contribution is -0.141. The lowest BCUT2D eigenvalue weighted by Gasteiger charge is -2.24. The van der Waals surface area contributed by atoms with E-state index >= 15 is 0 Å². The van der Waals surface area contributed by atoms with E-state index in [0.29, 0.717) is 34.2 Å². The van der Waals surface area contributed by atoms with Gasteiger partial charge in [-0.25, -0.2) is 18.2 Å². The third-order valence-electron chi connectivity index (χ3n) is 8.02. The number of aryl methyl sites for hydroxylation is 1. The summed E-state index contributed by atoms with van der Waals surface area (Å²) in [5.74, 6) is 0.0600. The van der Waals surface area contributed by atoms with Crippen LogP contribution in [-0.4, -0.2) is 54.0 Å². The molecule has 4 aromatic carbocycles. The average molecular weight is 691 g/mol. The molecule has 2 N–H and O–H groups in total. The second-order valence-electron chi connectivity index (χ2n) is 11.3. The molecule has 6 aromatic rings. The highest BCUT2D eigenvalue weighted by Crippen LogP contribution is 2.30. The maximum atomic E-state index is 14.2. The molecule has 0 unspecified atom stereocenters. The van der Waals surface area contributed by atoms with Crippen molar-refractivity contribution in [3.8, 4) is 0 Å². The first-order valence-electron chi connectivity index (χ1n) is 15.8. The van der Waals surface area contributed by atoms with Gasteiger partial charge >= 0.3 is 12.1 Å². The predicted molar refractivity (Wildman–Crippen MR) is 190 cm³/mol. The second kappa shape index (κ2) is 14.6. The number of benzene rings is 4. The minimum atomic E-state index is -4.26. The van der Waals surface area contributed by atoms with Crippen LogP contribution in [0.15, 0.2) is 119 Å². The summed E-state index contributed by atoms with van der Waals surface area (Å²) in [6.45, 7) is 1.32. The number of anilines is 1. The van der Waals surface area contributed by atoms with Gasteiger partial charge in [0.1, 0.15) is 29.7 Å². The highest BCUT2D eigenvalue weighted by atomic mass is 32.2. The fourth-order valence-electron chi connectivity index (χ4n) is 5.48. The van der Waals surface area contributed by atoms with Gasteiger partial charge in [0.15, 0.2) is 0 Å². The standard InChI is InChI=1S/C37H34N6O6S/c1-3-48-34(44)23-43(50(46,47)32-13-7-11-27-12-8-20-39-35(27)32)29-18-19-31-30(22-29)40-33(42(31)2)21-25-14-16-28(17-15-25)36(38)41-37(45)49-24-26-9-5-4-6-10-26/h4-20,22H,3,21,23-24H2,1-2H3,(H2,38,41,45). The van der Waals surface area contributed by atoms with Crippen LogP contribution in [0.3, 0.4) is 0 Å². The van der Waals surface area contributed by atoms with Gasteiger partial charge < -0.3 is 19.8 Å². The molecule has 13 heteroatoms. The highest BCUT2D eigenvalue weighted by Gasteiger charge is 2.30. The summed E-state index contributed by atoms with van der Waals surface area (Å²) >= 11 is 0. The topological polar surface area (TPSA) is 159 Å². The molecule has 1 amide bonds. The van der Waals surface area contributed by atoms with Crippen molar-refractivity contribution in [3.63, 3.8) is 0 Å². The predicted octanol–water partition coefficient (Wildman–Crippen LogP) is 5.51. The summed E-state index contributed by atoms with van der Waals surface area (Å²) in [5, 5.41) is 0.652. The van der Waals surface area contributed by atoms with Gasteiger partial charge in [0.25, 0.3) is 10.0 Å². The maximum absolute atomic E-state index is 14.2. The van der Waals surface area contributed by atoms with Crippen LogP contribution in [0.1, 0.15) is 29.4 Å². The van der Waals surface area contributed by atoms with Crippen LogP contribution in [-0.2, 0) is 44.4 Å². The van der Waals surface area contributed by atoms with Gasteiger partial charge in [0.05, 0.1) is 28.8 Å². The number of carbonyl (C=O) groups is 2. The zero-order chi connectivity index (χ0) is 35.3. The van der Waals surface area contributed by atoms with Gasteiger partial charge in [0.2, 0.25) is 0 Å². The molecule has 0 saturated carbocycles. The molecule has 0 atom stereocenters. The summed E-state index contributed by atoms with van der Waals surface area (Å²) in [6.07, 6.45) is 1.19. The second-order valence-corrected chi connectivity index (χ2v) is 13.1. The fraction of sp³-hybridized carbons (Fsp3) is 0.162. The number of rotatable bonds is 11. The van der Waals surface area contributed by atoms with E-state index in [1.807, 2.05) is 54.1 Å². The lowest BCUT2D eigenvalue weighted by atomic mass is 10.1. The molecule has 0 spiro atoms. The smallest absolute Gasteiger partial charge is 0.435 e. The molecule has 2 heterocycles. The molecule has 0 aliphatic heterocycles. The Hall–Kier alpha value is -6.08. The van der Waals surface area contributed by atoms with E-state index in [1.54, 1.807) is 61.5 Å². The fourth-order valence-corrected chi connectivity index (χ4v) is 7.05. The number of nitrogens with two attached hydrogens (primary N) is 1. The number of pyridine rings is 1. The summed E-state index contributed by atoms with van der Waals surface area (Å²) in [6, 6.07) is 30.0. The molecule has 2 aromatic heterocycles. The molecule has 50 heavy (non-hydrogen) atoms. The molecule has 6 rings (SSSR count). The van der Waals surface area contributed by atoms with E-state index in [4.69, 9.17) is 20.2 Å². The Morgan fingerprint density at radius 3 is 2.42 bits per heavy atom. The summed E-state index contributed by atoms with van der Waals surface area (Å²) < 4.78 is 41.6. The SMILES string of the molecule is CCOC(=O)CN(c1ccc2c(c1)nc(Cc1ccc(C(N)=NC(=O)OCc3ccccc3)cc1)n2C)S(=O)(=O)c1cccc2cccnc12. The Balaban J connectivity index is 1.24. The van der Waals surface area contributed by atoms with Crippen LogP contribution in [0, 0.1) is 0 Å². The van der Waals surface area contributed by atoms with E-state index < -0.39 is 28.6 Å². The van der Waals surface area contributed by atoms with Crippen LogP contribution >= 0.6 is 0 Å². The van der Waals surface area contributed by atoms with Crippen molar-refractivity contribution in [1.29, 1.82) is 0 Å². The van der Waals surface area contributed by atoms with Gasteiger partial charge in [-0.05, 0) is 48.4 Å². The molecule has 0 aliphatic rings. The number of amides is 1. The van der Waals surface area contributed by atoms with Gasteiger partial charge in [-0.15, -0.1) is 0 Å². The highest BCUT2D eigenvalue weighted by molar-refractivity contribution is 7.93. The molecule has 0 bridgehead atoms. The quantitative estimate of drug-likeness (QED) is 0.105. The zero-order valence-corrected chi connectivity index (χ0v) is 28.2. The number of imidazole rings is 1. The van der Waals surface area contributed by atoms with E-state index in [-0.39, 0.29) is 29.6 Å². The molecule has 0 fully saturated rings. The normalized spacial score (nSPS) is 11.8. The molecule has 0 aliphatic carbocycles. The Bertz CT molecular complexity index is 2320. The molecule has 0 saturated heterocycles. The Kier molecular flexibility index (Phi) is 9.86. The van der Waals surface area contributed by atoms with Crippen molar-refractivity contribution in [2.45, 2.75) is 24.8 Å². The van der Waals surface area contributed by atoms with Crippen molar-refractivity contribution in [2.75, 3.05) is 17.5 Å². The van der Waals surface area contributed by atoms with Crippen LogP contribution in [0.25, 0.3) is 21.9 Å². The first-order chi connectivity index (χ1) is 24.1. The van der Waals surface area contributed by atoms with Crippen molar-refractivity contribution >= 4 is 55.5 Å². The Morgan fingerprint density at radius 1 is 0.900 bits per heavy atom. The zero-order valence-electron chi connectivity index (χ0n) is 27.4. The number of aromatic nitrogens is 3. The third kappa shape index (κ3) is 7.32. The number of hydrogen-bond donors (Lipinski definition) is 1. The first kappa shape index (κ1) is 33.8. The largest absolute Gasteiger partial charge is 0.465 e. The summed E-state index contributed by atoms with van der Waals surface area (Å²) in [4.78, 5) is 37.9. The van der Waals surface area contributed by atoms with Crippen LogP contribution in [0.4, 0.5) is 10.5 Å². The molecule has 0 radical (unpaired) electrons. The van der Waals surface area contributed by atoms with E-state index in [1.165, 1.54) is 12.3 Å². The minimum Gasteiger partial charge on any atom is -0.465 e. The number of fused-ring (bicyclic) bond motifs is 2. The van der Waals surface area contributed by atoms with Crippen LogP contribution in [0.2, 0.25) is 0 Å². The van der Waals surface area contributed by atoms with Crippen molar-refractivity contribution in [1.82, 2.24) is 14.5 Å². The number of nitrogens with zero attached hydrogens (tertiary/aromatic N) is 5.